The van der Waals surface area contributed by atoms with Gasteiger partial charge in [0.1, 0.15) is 0 Å². The Morgan fingerprint density at radius 1 is 1.38 bits per heavy atom. The number of carbonyl (C=O) groups excluding carboxylic acids is 1. The quantitative estimate of drug-likeness (QED) is 0.620. The number of hydrogen-bond acceptors (Lipinski definition) is 2. The van der Waals surface area contributed by atoms with E-state index in [1.807, 2.05) is 13.8 Å². The molecule has 2 atom stereocenters. The molecule has 0 radical (unpaired) electrons. The number of amides is 1. The van der Waals surface area contributed by atoms with Crippen LogP contribution < -0.4 is 0 Å². The van der Waals surface area contributed by atoms with Gasteiger partial charge in [0, 0.05) is 20.0 Å². The Labute approximate surface area is 80.7 Å². The maximum atomic E-state index is 10.9. The molecule has 1 heterocycles. The second kappa shape index (κ2) is 5.97. The fourth-order valence-electron chi connectivity index (χ4n) is 1.58. The van der Waals surface area contributed by atoms with E-state index in [0.29, 0.717) is 12.5 Å². The molecule has 0 aliphatic carbocycles. The Balaban J connectivity index is 0.000000671. The van der Waals surface area contributed by atoms with Gasteiger partial charge in [-0.25, -0.2) is 0 Å². The van der Waals surface area contributed by atoms with E-state index in [1.54, 1.807) is 11.8 Å². The van der Waals surface area contributed by atoms with Gasteiger partial charge in [-0.15, -0.1) is 0 Å². The standard InChI is InChI=1S/C8H15NO2.C2H6/c1-6-3-8(11)5-9(4-6)7(2)10;1-2/h6,8,11H,3-5H2,1-2H3;1-2H3. The van der Waals surface area contributed by atoms with Crippen LogP contribution in [0, 0.1) is 5.92 Å². The van der Waals surface area contributed by atoms with E-state index < -0.39 is 0 Å². The molecule has 3 heteroatoms. The molecule has 0 spiro atoms. The lowest BCUT2D eigenvalue weighted by molar-refractivity contribution is -0.133. The molecule has 13 heavy (non-hydrogen) atoms. The van der Waals surface area contributed by atoms with Crippen LogP contribution in [0.25, 0.3) is 0 Å². The summed E-state index contributed by atoms with van der Waals surface area (Å²) in [6, 6.07) is 0. The van der Waals surface area contributed by atoms with Crippen LogP contribution in [0.15, 0.2) is 0 Å². The second-order valence-corrected chi connectivity index (χ2v) is 3.42. The lowest BCUT2D eigenvalue weighted by Crippen LogP contribution is -2.44. The molecule has 1 rings (SSSR count). The summed E-state index contributed by atoms with van der Waals surface area (Å²) in [5.41, 5.74) is 0. The Hall–Kier alpha value is -0.570. The number of aliphatic hydroxyl groups is 1. The maximum Gasteiger partial charge on any atom is 0.219 e. The first-order valence-electron chi connectivity index (χ1n) is 5.03. The van der Waals surface area contributed by atoms with E-state index >= 15 is 0 Å². The predicted molar refractivity (Wildman–Crippen MR) is 53.4 cm³/mol. The highest BCUT2D eigenvalue weighted by Crippen LogP contribution is 2.15. The molecular weight excluding hydrogens is 166 g/mol. The van der Waals surface area contributed by atoms with Gasteiger partial charge in [0.25, 0.3) is 0 Å². The van der Waals surface area contributed by atoms with Gasteiger partial charge in [-0.2, -0.15) is 0 Å². The third kappa shape index (κ3) is 4.27. The van der Waals surface area contributed by atoms with Gasteiger partial charge < -0.3 is 10.0 Å². The van der Waals surface area contributed by atoms with Crippen molar-refractivity contribution in [2.24, 2.45) is 5.92 Å². The third-order valence-electron chi connectivity index (χ3n) is 2.08. The fraction of sp³-hybridized carbons (Fsp3) is 0.900. The minimum Gasteiger partial charge on any atom is -0.391 e. The lowest BCUT2D eigenvalue weighted by Gasteiger charge is -2.33. The zero-order chi connectivity index (χ0) is 10.4. The minimum absolute atomic E-state index is 0.0654. The average Bonchev–Trinajstić information content (AvgIpc) is 2.06. The zero-order valence-electron chi connectivity index (χ0n) is 9.08. The van der Waals surface area contributed by atoms with Crippen molar-refractivity contribution in [3.63, 3.8) is 0 Å². The van der Waals surface area contributed by atoms with Gasteiger partial charge in [-0.3, -0.25) is 4.79 Å². The molecule has 3 nitrogen and oxygen atoms in total. The van der Waals surface area contributed by atoms with Crippen LogP contribution in [0.4, 0.5) is 0 Å². The van der Waals surface area contributed by atoms with Crippen molar-refractivity contribution >= 4 is 5.91 Å². The zero-order valence-corrected chi connectivity index (χ0v) is 9.08. The summed E-state index contributed by atoms with van der Waals surface area (Å²) in [4.78, 5) is 12.6. The average molecular weight is 187 g/mol. The number of rotatable bonds is 0. The largest absolute Gasteiger partial charge is 0.391 e. The van der Waals surface area contributed by atoms with Crippen molar-refractivity contribution in [2.75, 3.05) is 13.1 Å². The Morgan fingerprint density at radius 2 is 1.92 bits per heavy atom. The summed E-state index contributed by atoms with van der Waals surface area (Å²) < 4.78 is 0. The smallest absolute Gasteiger partial charge is 0.219 e. The molecule has 1 aliphatic heterocycles. The van der Waals surface area contributed by atoms with Crippen LogP contribution in [-0.4, -0.2) is 35.1 Å². The molecule has 1 N–H and O–H groups in total. The second-order valence-electron chi connectivity index (χ2n) is 3.42. The summed E-state index contributed by atoms with van der Waals surface area (Å²) in [5.74, 6) is 0.498. The fourth-order valence-corrected chi connectivity index (χ4v) is 1.58. The molecule has 1 saturated heterocycles. The van der Waals surface area contributed by atoms with Crippen LogP contribution in [0.1, 0.15) is 34.1 Å². The summed E-state index contributed by atoms with van der Waals surface area (Å²) in [6.45, 7) is 8.91. The first-order chi connectivity index (χ1) is 6.09. The van der Waals surface area contributed by atoms with Crippen LogP contribution >= 0.6 is 0 Å². The van der Waals surface area contributed by atoms with E-state index in [1.165, 1.54) is 0 Å². The van der Waals surface area contributed by atoms with Crippen LogP contribution in [0.3, 0.4) is 0 Å². The number of hydrogen-bond donors (Lipinski definition) is 1. The topological polar surface area (TPSA) is 40.5 Å². The van der Waals surface area contributed by atoms with Crippen molar-refractivity contribution in [2.45, 2.75) is 40.2 Å². The monoisotopic (exact) mass is 187 g/mol. The molecule has 0 aromatic heterocycles. The number of nitrogens with zero attached hydrogens (tertiary/aromatic N) is 1. The van der Waals surface area contributed by atoms with Crippen molar-refractivity contribution in [3.05, 3.63) is 0 Å². The molecule has 0 bridgehead atoms. The highest BCUT2D eigenvalue weighted by Gasteiger charge is 2.24. The maximum absolute atomic E-state index is 10.9. The highest BCUT2D eigenvalue weighted by molar-refractivity contribution is 5.73. The van der Waals surface area contributed by atoms with E-state index in [-0.39, 0.29) is 12.0 Å². The van der Waals surface area contributed by atoms with Crippen LogP contribution in [0.5, 0.6) is 0 Å². The molecular formula is C10H21NO2. The van der Waals surface area contributed by atoms with Gasteiger partial charge in [0.2, 0.25) is 5.91 Å². The first-order valence-corrected chi connectivity index (χ1v) is 5.03. The SMILES string of the molecule is CC.CC(=O)N1CC(C)CC(O)C1. The van der Waals surface area contributed by atoms with Crippen LogP contribution in [0.2, 0.25) is 0 Å². The number of likely N-dealkylation sites (tertiary alicyclic amines) is 1. The number of piperidine rings is 1. The Morgan fingerprint density at radius 3 is 2.31 bits per heavy atom. The predicted octanol–water partition coefficient (Wildman–Crippen LogP) is 1.26. The lowest BCUT2D eigenvalue weighted by atomic mass is 9.98. The normalized spacial score (nSPS) is 27.6. The minimum atomic E-state index is -0.317. The number of aliphatic hydroxyl groups excluding tert-OH is 1. The van der Waals surface area contributed by atoms with Crippen molar-refractivity contribution < 1.29 is 9.90 Å². The van der Waals surface area contributed by atoms with Crippen molar-refractivity contribution in [1.29, 1.82) is 0 Å². The van der Waals surface area contributed by atoms with E-state index in [4.69, 9.17) is 0 Å². The Kier molecular flexibility index (Phi) is 5.71. The Bertz CT molecular complexity index is 149. The molecule has 2 unspecified atom stereocenters. The van der Waals surface area contributed by atoms with Crippen molar-refractivity contribution in [3.8, 4) is 0 Å². The van der Waals surface area contributed by atoms with Crippen LogP contribution in [-0.2, 0) is 4.79 Å². The highest BCUT2D eigenvalue weighted by atomic mass is 16.3. The molecule has 78 valence electrons. The van der Waals surface area contributed by atoms with Gasteiger partial charge >= 0.3 is 0 Å². The van der Waals surface area contributed by atoms with Gasteiger partial charge in [0.15, 0.2) is 0 Å². The van der Waals surface area contributed by atoms with E-state index in [9.17, 15) is 9.90 Å². The summed E-state index contributed by atoms with van der Waals surface area (Å²) >= 11 is 0. The summed E-state index contributed by atoms with van der Waals surface area (Å²) in [5, 5.41) is 9.30. The summed E-state index contributed by atoms with van der Waals surface area (Å²) in [6.07, 6.45) is 0.506. The molecule has 1 fully saturated rings. The molecule has 0 aromatic rings. The van der Waals surface area contributed by atoms with E-state index in [0.717, 1.165) is 13.0 Å². The van der Waals surface area contributed by atoms with E-state index in [2.05, 4.69) is 6.92 Å². The van der Waals surface area contributed by atoms with Crippen molar-refractivity contribution in [1.82, 2.24) is 4.90 Å². The molecule has 0 aromatic carbocycles. The molecule has 0 saturated carbocycles. The third-order valence-corrected chi connectivity index (χ3v) is 2.08. The van der Waals surface area contributed by atoms with Gasteiger partial charge in [-0.1, -0.05) is 20.8 Å². The van der Waals surface area contributed by atoms with Gasteiger partial charge in [0.05, 0.1) is 6.10 Å². The molecule has 1 aliphatic rings. The summed E-state index contributed by atoms with van der Waals surface area (Å²) in [7, 11) is 0. The molecule has 1 amide bonds. The number of β-amino-alcohol motifs (C(OH)–C–C–N with tert-alkyl or cyclic N) is 1. The first kappa shape index (κ1) is 12.4. The van der Waals surface area contributed by atoms with Gasteiger partial charge in [-0.05, 0) is 12.3 Å². The number of carbonyl (C=O) groups is 1.